The second kappa shape index (κ2) is 9.95. The van der Waals surface area contributed by atoms with E-state index in [1.807, 2.05) is 43.3 Å². The maximum absolute atomic E-state index is 12.5. The Morgan fingerprint density at radius 2 is 1.88 bits per heavy atom. The van der Waals surface area contributed by atoms with E-state index in [-0.39, 0.29) is 11.8 Å². The lowest BCUT2D eigenvalue weighted by Gasteiger charge is -2.29. The molecule has 0 radical (unpaired) electrons. The van der Waals surface area contributed by atoms with Crippen molar-refractivity contribution in [3.63, 3.8) is 0 Å². The Bertz CT molecular complexity index is 1180. The van der Waals surface area contributed by atoms with E-state index in [0.717, 1.165) is 48.6 Å². The van der Waals surface area contributed by atoms with Gasteiger partial charge in [-0.05, 0) is 62.7 Å². The molecule has 0 atom stereocenters. The van der Waals surface area contributed by atoms with Crippen molar-refractivity contribution in [2.24, 2.45) is 0 Å². The largest absolute Gasteiger partial charge is 0.497 e. The summed E-state index contributed by atoms with van der Waals surface area (Å²) in [6.07, 6.45) is 2.08. The number of piperidine rings is 1. The zero-order valence-electron chi connectivity index (χ0n) is 19.1. The van der Waals surface area contributed by atoms with Gasteiger partial charge in [-0.3, -0.25) is 0 Å². The number of aryl methyl sites for hydroxylation is 1. The second-order valence-electron chi connectivity index (χ2n) is 8.33. The fourth-order valence-electron chi connectivity index (χ4n) is 3.90. The lowest BCUT2D eigenvalue weighted by Crippen LogP contribution is -2.35. The molecule has 1 saturated heterocycles. The van der Waals surface area contributed by atoms with E-state index in [9.17, 15) is 9.59 Å². The van der Waals surface area contributed by atoms with Crippen LogP contribution in [0, 0.1) is 6.92 Å². The third kappa shape index (κ3) is 5.46. The minimum atomic E-state index is -0.610. The zero-order chi connectivity index (χ0) is 23.4. The van der Waals surface area contributed by atoms with Gasteiger partial charge in [-0.1, -0.05) is 12.1 Å². The quantitative estimate of drug-likeness (QED) is 0.552. The Morgan fingerprint density at radius 1 is 1.15 bits per heavy atom. The fraction of sp³-hybridized carbons (Fsp3) is 0.360. The number of hydrogen-bond acceptors (Lipinski definition) is 6. The van der Waals surface area contributed by atoms with Gasteiger partial charge in [0, 0.05) is 30.6 Å². The lowest BCUT2D eigenvalue weighted by molar-refractivity contribution is 0.113. The molecule has 0 unspecified atom stereocenters. The summed E-state index contributed by atoms with van der Waals surface area (Å²) < 4.78 is 16.9. The topological polar surface area (TPSA) is 93.0 Å². The molecule has 2 heterocycles. The van der Waals surface area contributed by atoms with E-state index >= 15 is 0 Å². The molecule has 2 aromatic carbocycles. The molecule has 1 aromatic heterocycles. The van der Waals surface area contributed by atoms with Gasteiger partial charge in [0.2, 0.25) is 0 Å². The summed E-state index contributed by atoms with van der Waals surface area (Å²) in [6, 6.07) is 12.2. The molecule has 4 rings (SSSR count). The average Bonchev–Trinajstić information content (AvgIpc) is 2.82. The maximum atomic E-state index is 12.5. The number of ether oxygens (including phenoxy) is 2. The first-order valence-electron chi connectivity index (χ1n) is 11.0. The molecule has 8 heteroatoms. The molecule has 2 N–H and O–H groups in total. The number of anilines is 1. The van der Waals surface area contributed by atoms with Crippen molar-refractivity contribution in [3.8, 4) is 11.5 Å². The highest BCUT2D eigenvalue weighted by molar-refractivity contribution is 5.92. The summed E-state index contributed by atoms with van der Waals surface area (Å²) in [5.41, 5.74) is 1.62. The molecule has 0 bridgehead atoms. The highest BCUT2D eigenvalue weighted by atomic mass is 16.5. The lowest BCUT2D eigenvalue weighted by atomic mass is 10.1. The van der Waals surface area contributed by atoms with E-state index < -0.39 is 11.7 Å². The highest BCUT2D eigenvalue weighted by Crippen LogP contribution is 2.29. The number of fused-ring (bicyclic) bond motifs is 1. The van der Waals surface area contributed by atoms with Crippen LogP contribution < -0.4 is 25.7 Å². The Balaban J connectivity index is 1.43. The van der Waals surface area contributed by atoms with Crippen LogP contribution in [0.4, 0.5) is 10.5 Å². The van der Waals surface area contributed by atoms with E-state index in [1.165, 1.54) is 0 Å². The van der Waals surface area contributed by atoms with Gasteiger partial charge in [0.15, 0.2) is 0 Å². The van der Waals surface area contributed by atoms with Gasteiger partial charge in [0.1, 0.15) is 28.9 Å². The SMILES string of the molecule is COc1ccc(CNC(=O)Nc2cc3ccc(OC4CCN(C)CC4)c(C)c3oc2=O)cc1. The number of carbonyl (C=O) groups excluding carboxylic acids is 1. The summed E-state index contributed by atoms with van der Waals surface area (Å²) >= 11 is 0. The van der Waals surface area contributed by atoms with Crippen LogP contribution >= 0.6 is 0 Å². The summed E-state index contributed by atoms with van der Waals surface area (Å²) in [6.45, 7) is 4.19. The van der Waals surface area contributed by atoms with E-state index in [1.54, 1.807) is 13.2 Å². The van der Waals surface area contributed by atoms with Crippen LogP contribution in [-0.2, 0) is 6.54 Å². The van der Waals surface area contributed by atoms with Crippen molar-refractivity contribution in [1.29, 1.82) is 0 Å². The van der Waals surface area contributed by atoms with Gasteiger partial charge < -0.3 is 29.4 Å². The van der Waals surface area contributed by atoms with Gasteiger partial charge >= 0.3 is 11.7 Å². The second-order valence-corrected chi connectivity index (χ2v) is 8.33. The van der Waals surface area contributed by atoms with Crippen molar-refractivity contribution < 1.29 is 18.7 Å². The fourth-order valence-corrected chi connectivity index (χ4v) is 3.90. The molecular weight excluding hydrogens is 422 g/mol. The molecule has 1 aliphatic heterocycles. The first-order chi connectivity index (χ1) is 15.9. The van der Waals surface area contributed by atoms with Gasteiger partial charge in [0.05, 0.1) is 7.11 Å². The van der Waals surface area contributed by atoms with Crippen molar-refractivity contribution in [3.05, 3.63) is 64.0 Å². The highest BCUT2D eigenvalue weighted by Gasteiger charge is 2.20. The number of methoxy groups -OCH3 is 1. The number of rotatable bonds is 6. The molecule has 8 nitrogen and oxygen atoms in total. The number of benzene rings is 2. The molecule has 33 heavy (non-hydrogen) atoms. The normalized spacial score (nSPS) is 14.8. The molecule has 0 aliphatic carbocycles. The number of carbonyl (C=O) groups is 1. The number of likely N-dealkylation sites (tertiary alicyclic amines) is 1. The molecule has 0 spiro atoms. The summed E-state index contributed by atoms with van der Waals surface area (Å²) in [7, 11) is 3.71. The van der Waals surface area contributed by atoms with Crippen LogP contribution in [-0.4, -0.2) is 44.3 Å². The van der Waals surface area contributed by atoms with Crippen molar-refractivity contribution in [2.75, 3.05) is 32.6 Å². The molecule has 1 aliphatic rings. The van der Waals surface area contributed by atoms with E-state index in [4.69, 9.17) is 13.9 Å². The first kappa shape index (κ1) is 22.7. The first-order valence-corrected chi connectivity index (χ1v) is 11.0. The minimum absolute atomic E-state index is 0.0816. The number of amides is 2. The Labute approximate surface area is 192 Å². The summed E-state index contributed by atoms with van der Waals surface area (Å²) in [5, 5.41) is 6.03. The van der Waals surface area contributed by atoms with Crippen molar-refractivity contribution >= 4 is 22.7 Å². The number of nitrogens with one attached hydrogen (secondary N) is 2. The van der Waals surface area contributed by atoms with E-state index in [2.05, 4.69) is 22.6 Å². The number of hydrogen-bond donors (Lipinski definition) is 2. The zero-order valence-corrected chi connectivity index (χ0v) is 19.1. The summed E-state index contributed by atoms with van der Waals surface area (Å²) in [5.74, 6) is 1.46. The maximum Gasteiger partial charge on any atom is 0.360 e. The smallest absolute Gasteiger partial charge is 0.360 e. The molecule has 0 saturated carbocycles. The van der Waals surface area contributed by atoms with Gasteiger partial charge in [0.25, 0.3) is 0 Å². The minimum Gasteiger partial charge on any atom is -0.497 e. The predicted molar refractivity (Wildman–Crippen MR) is 127 cm³/mol. The summed E-state index contributed by atoms with van der Waals surface area (Å²) in [4.78, 5) is 27.1. The molecule has 1 fully saturated rings. The average molecular weight is 452 g/mol. The van der Waals surface area contributed by atoms with Crippen LogP contribution in [0.2, 0.25) is 0 Å². The Morgan fingerprint density at radius 3 is 2.58 bits per heavy atom. The molecule has 3 aromatic rings. The molecule has 2 amide bonds. The van der Waals surface area contributed by atoms with Gasteiger partial charge in [-0.15, -0.1) is 0 Å². The standard InChI is InChI=1S/C25H29N3O5/c1-16-22(32-20-10-12-28(2)13-11-20)9-6-18-14-21(24(29)33-23(16)18)27-25(30)26-15-17-4-7-19(31-3)8-5-17/h4-9,14,20H,10-13,15H2,1-3H3,(H2,26,27,30). The molecular formula is C25H29N3O5. The van der Waals surface area contributed by atoms with Crippen LogP contribution in [0.25, 0.3) is 11.0 Å². The Hall–Kier alpha value is -3.52. The third-order valence-corrected chi connectivity index (χ3v) is 5.92. The number of urea groups is 1. The van der Waals surface area contributed by atoms with Crippen LogP contribution in [0.3, 0.4) is 0 Å². The monoisotopic (exact) mass is 451 g/mol. The Kier molecular flexibility index (Phi) is 6.84. The van der Waals surface area contributed by atoms with Crippen LogP contribution in [0.5, 0.6) is 11.5 Å². The number of nitrogens with zero attached hydrogens (tertiary/aromatic N) is 1. The van der Waals surface area contributed by atoms with Crippen molar-refractivity contribution in [2.45, 2.75) is 32.4 Å². The van der Waals surface area contributed by atoms with E-state index in [0.29, 0.717) is 17.5 Å². The van der Waals surface area contributed by atoms with Crippen LogP contribution in [0.1, 0.15) is 24.0 Å². The third-order valence-electron chi connectivity index (χ3n) is 5.92. The van der Waals surface area contributed by atoms with Gasteiger partial charge in [-0.2, -0.15) is 0 Å². The molecule has 174 valence electrons. The predicted octanol–water partition coefficient (Wildman–Crippen LogP) is 3.90. The van der Waals surface area contributed by atoms with Crippen molar-refractivity contribution in [1.82, 2.24) is 10.2 Å². The van der Waals surface area contributed by atoms with Gasteiger partial charge in [-0.25, -0.2) is 9.59 Å². The van der Waals surface area contributed by atoms with Crippen LogP contribution in [0.15, 0.2) is 51.7 Å².